The Kier molecular flexibility index (Phi) is 2.39. The molecule has 1 aromatic rings. The molecule has 0 bridgehead atoms. The highest BCUT2D eigenvalue weighted by molar-refractivity contribution is 9.10. The lowest BCUT2D eigenvalue weighted by Crippen LogP contribution is -2.20. The van der Waals surface area contributed by atoms with Gasteiger partial charge in [-0.05, 0) is 34.8 Å². The van der Waals surface area contributed by atoms with Gasteiger partial charge in [-0.15, -0.1) is 0 Å². The fraction of sp³-hybridized carbons (Fsp3) is 0.400. The summed E-state index contributed by atoms with van der Waals surface area (Å²) in [7, 11) is 0. The third-order valence-corrected chi connectivity index (χ3v) is 3.59. The molecule has 2 rings (SSSR count). The van der Waals surface area contributed by atoms with Crippen LogP contribution >= 0.6 is 15.9 Å². The highest BCUT2D eigenvalue weighted by Crippen LogP contribution is 2.52. The first-order chi connectivity index (χ1) is 7.02. The van der Waals surface area contributed by atoms with Crippen LogP contribution in [-0.4, -0.2) is 16.8 Å². The van der Waals surface area contributed by atoms with Crippen molar-refractivity contribution < 1.29 is 14.6 Å². The van der Waals surface area contributed by atoms with E-state index in [1.54, 1.807) is 0 Å². The first-order valence-electron chi connectivity index (χ1n) is 4.62. The van der Waals surface area contributed by atoms with Crippen LogP contribution in [0.25, 0.3) is 0 Å². The van der Waals surface area contributed by atoms with E-state index in [0.717, 1.165) is 12.8 Å². The zero-order chi connectivity index (χ0) is 11.2. The minimum absolute atomic E-state index is 0.243. The van der Waals surface area contributed by atoms with Crippen LogP contribution in [-0.2, 0) is 5.41 Å². The number of hydrogen-bond donors (Lipinski definition) is 3. The Morgan fingerprint density at radius 2 is 2.00 bits per heavy atom. The molecule has 0 heterocycles. The summed E-state index contributed by atoms with van der Waals surface area (Å²) < 4.78 is 13.6. The number of aromatic hydroxyl groups is 2. The predicted molar refractivity (Wildman–Crippen MR) is 57.4 cm³/mol. The summed E-state index contributed by atoms with van der Waals surface area (Å²) in [5.74, 6) is -2.04. The van der Waals surface area contributed by atoms with E-state index in [2.05, 4.69) is 15.9 Å². The van der Waals surface area contributed by atoms with E-state index in [9.17, 15) is 14.6 Å². The molecule has 0 saturated heterocycles. The topological polar surface area (TPSA) is 66.5 Å². The molecule has 0 spiro atoms. The first-order valence-corrected chi connectivity index (χ1v) is 5.41. The van der Waals surface area contributed by atoms with Crippen LogP contribution in [0.2, 0.25) is 0 Å². The van der Waals surface area contributed by atoms with Gasteiger partial charge in [0.25, 0.3) is 0 Å². The zero-order valence-corrected chi connectivity index (χ0v) is 9.51. The van der Waals surface area contributed by atoms with E-state index in [-0.39, 0.29) is 9.89 Å². The monoisotopic (exact) mass is 275 g/mol. The van der Waals surface area contributed by atoms with Gasteiger partial charge in [0.15, 0.2) is 11.5 Å². The third kappa shape index (κ3) is 1.50. The van der Waals surface area contributed by atoms with Crippen molar-refractivity contribution in [3.05, 3.63) is 21.9 Å². The van der Waals surface area contributed by atoms with Crippen LogP contribution in [0.4, 0.5) is 4.39 Å². The molecule has 15 heavy (non-hydrogen) atoms. The molecule has 5 heteroatoms. The fourth-order valence-corrected chi connectivity index (χ4v) is 2.14. The van der Waals surface area contributed by atoms with E-state index < -0.39 is 17.3 Å². The average Bonchev–Trinajstić information content (AvgIpc) is 3.01. The van der Waals surface area contributed by atoms with Gasteiger partial charge >= 0.3 is 0 Å². The average molecular weight is 276 g/mol. The number of phenols is 2. The van der Waals surface area contributed by atoms with Crippen molar-refractivity contribution in [1.82, 2.24) is 0 Å². The highest BCUT2D eigenvalue weighted by Gasteiger charge is 2.45. The molecule has 1 aliphatic carbocycles. The van der Waals surface area contributed by atoms with Gasteiger partial charge in [-0.2, -0.15) is 4.39 Å². The maximum absolute atomic E-state index is 13.4. The second-order valence-corrected chi connectivity index (χ2v) is 4.76. The minimum Gasteiger partial charge on any atom is -0.505 e. The quantitative estimate of drug-likeness (QED) is 0.773. The van der Waals surface area contributed by atoms with Crippen LogP contribution < -0.4 is 5.73 Å². The van der Waals surface area contributed by atoms with Crippen LogP contribution in [0.5, 0.6) is 11.5 Å². The Bertz CT molecular complexity index is 418. The highest BCUT2D eigenvalue weighted by atomic mass is 79.9. The maximum Gasteiger partial charge on any atom is 0.207 e. The molecule has 3 nitrogen and oxygen atoms in total. The van der Waals surface area contributed by atoms with Crippen LogP contribution in [0.3, 0.4) is 0 Å². The number of phenolic OH excluding ortho intramolecular Hbond substituents is 2. The van der Waals surface area contributed by atoms with Crippen molar-refractivity contribution in [1.29, 1.82) is 0 Å². The molecule has 0 aliphatic heterocycles. The molecule has 1 aromatic carbocycles. The summed E-state index contributed by atoms with van der Waals surface area (Å²) in [6, 6.07) is 1.54. The second kappa shape index (κ2) is 3.35. The minimum atomic E-state index is -0.987. The van der Waals surface area contributed by atoms with Crippen molar-refractivity contribution in [3.63, 3.8) is 0 Å². The second-order valence-electron chi connectivity index (χ2n) is 3.90. The van der Waals surface area contributed by atoms with E-state index in [1.807, 2.05) is 0 Å². The van der Waals surface area contributed by atoms with Crippen molar-refractivity contribution in [3.8, 4) is 11.5 Å². The van der Waals surface area contributed by atoms with Crippen LogP contribution in [0.1, 0.15) is 18.4 Å². The summed E-state index contributed by atoms with van der Waals surface area (Å²) >= 11 is 3.04. The van der Waals surface area contributed by atoms with Gasteiger partial charge in [0.05, 0.1) is 4.47 Å². The number of rotatable bonds is 2. The standard InChI is InChI=1S/C10H11BrFNO2/c11-6-3-5(10(4-13)1-2-10)8(14)7(12)9(6)15/h3,14-15H,1-2,4,13H2. The molecule has 4 N–H and O–H groups in total. The van der Waals surface area contributed by atoms with Crippen molar-refractivity contribution in [2.45, 2.75) is 18.3 Å². The SMILES string of the molecule is NCC1(c2cc(Br)c(O)c(F)c2O)CC1. The van der Waals surface area contributed by atoms with Crippen molar-refractivity contribution in [2.24, 2.45) is 5.73 Å². The number of benzene rings is 1. The van der Waals surface area contributed by atoms with Gasteiger partial charge in [-0.1, -0.05) is 0 Å². The van der Waals surface area contributed by atoms with Gasteiger partial charge in [-0.25, -0.2) is 0 Å². The molecule has 0 unspecified atom stereocenters. The Balaban J connectivity index is 2.58. The molecular weight excluding hydrogens is 265 g/mol. The number of hydrogen-bond acceptors (Lipinski definition) is 3. The lowest BCUT2D eigenvalue weighted by Gasteiger charge is -2.16. The van der Waals surface area contributed by atoms with Gasteiger partial charge in [0.2, 0.25) is 5.82 Å². The van der Waals surface area contributed by atoms with Crippen molar-refractivity contribution in [2.75, 3.05) is 6.54 Å². The van der Waals surface area contributed by atoms with Crippen LogP contribution in [0.15, 0.2) is 10.5 Å². The Morgan fingerprint density at radius 1 is 1.40 bits per heavy atom. The normalized spacial score (nSPS) is 17.8. The summed E-state index contributed by atoms with van der Waals surface area (Å²) in [4.78, 5) is 0. The molecule has 1 fully saturated rings. The summed E-state index contributed by atoms with van der Waals surface area (Å²) in [6.45, 7) is 0.372. The lowest BCUT2D eigenvalue weighted by atomic mass is 9.95. The lowest BCUT2D eigenvalue weighted by molar-refractivity contribution is 0.379. The molecule has 0 radical (unpaired) electrons. The summed E-state index contributed by atoms with van der Waals surface area (Å²) in [6.07, 6.45) is 1.68. The van der Waals surface area contributed by atoms with E-state index in [0.29, 0.717) is 12.1 Å². The van der Waals surface area contributed by atoms with E-state index in [1.165, 1.54) is 6.07 Å². The molecule has 1 aliphatic rings. The largest absolute Gasteiger partial charge is 0.505 e. The van der Waals surface area contributed by atoms with E-state index in [4.69, 9.17) is 5.73 Å². The molecule has 1 saturated carbocycles. The van der Waals surface area contributed by atoms with Crippen LogP contribution in [0, 0.1) is 5.82 Å². The maximum atomic E-state index is 13.4. The smallest absolute Gasteiger partial charge is 0.207 e. The Labute approximate surface area is 94.8 Å². The Morgan fingerprint density at radius 3 is 2.47 bits per heavy atom. The van der Waals surface area contributed by atoms with Crippen molar-refractivity contribution >= 4 is 15.9 Å². The molecule has 0 atom stereocenters. The third-order valence-electron chi connectivity index (χ3n) is 2.98. The molecule has 82 valence electrons. The zero-order valence-electron chi connectivity index (χ0n) is 7.93. The van der Waals surface area contributed by atoms with Gasteiger partial charge in [0.1, 0.15) is 0 Å². The number of nitrogens with two attached hydrogens (primary N) is 1. The van der Waals surface area contributed by atoms with Gasteiger partial charge in [0, 0.05) is 17.5 Å². The molecular formula is C10H11BrFNO2. The van der Waals surface area contributed by atoms with E-state index >= 15 is 0 Å². The van der Waals surface area contributed by atoms with Gasteiger partial charge < -0.3 is 15.9 Å². The first kappa shape index (κ1) is 10.7. The Hall–Kier alpha value is -0.810. The fourth-order valence-electron chi connectivity index (χ4n) is 1.74. The summed E-state index contributed by atoms with van der Waals surface area (Å²) in [5.41, 5.74) is 5.77. The predicted octanol–water partition coefficient (Wildman–Crippen LogP) is 1.99. The number of halogens is 2. The summed E-state index contributed by atoms with van der Waals surface area (Å²) in [5, 5.41) is 18.9. The molecule has 0 aromatic heterocycles. The van der Waals surface area contributed by atoms with Gasteiger partial charge in [-0.3, -0.25) is 0 Å². The molecule has 0 amide bonds.